The van der Waals surface area contributed by atoms with Gasteiger partial charge in [0.25, 0.3) is 11.7 Å². The number of carbonyl (C=O) groups is 2. The van der Waals surface area contributed by atoms with Crippen molar-refractivity contribution in [3.8, 4) is 17.2 Å². The molecule has 1 atom stereocenters. The molecule has 0 saturated carbocycles. The van der Waals surface area contributed by atoms with E-state index < -0.39 is 23.5 Å². The number of halogens is 1. The third-order valence-electron chi connectivity index (χ3n) is 5.68. The Morgan fingerprint density at radius 1 is 1.09 bits per heavy atom. The SMILES string of the molecule is CCOc1ccc(C2/C(=C(\O)c3cc(OC)c(Cl)cc3OC)C(=O)C(=O)N2Cc2ccco2)cc1. The molecule has 1 amide bonds. The van der Waals surface area contributed by atoms with Crippen LogP contribution in [-0.4, -0.2) is 42.5 Å². The Hall–Kier alpha value is -3.91. The molecule has 2 heterocycles. The van der Waals surface area contributed by atoms with Crippen LogP contribution in [0.5, 0.6) is 17.2 Å². The molecule has 4 rings (SSSR count). The summed E-state index contributed by atoms with van der Waals surface area (Å²) in [4.78, 5) is 27.8. The van der Waals surface area contributed by atoms with Crippen LogP contribution >= 0.6 is 11.6 Å². The number of aliphatic hydroxyl groups is 1. The van der Waals surface area contributed by atoms with Crippen LogP contribution in [0.15, 0.2) is 64.8 Å². The molecule has 182 valence electrons. The molecule has 8 nitrogen and oxygen atoms in total. The summed E-state index contributed by atoms with van der Waals surface area (Å²) in [6.45, 7) is 2.40. The molecule has 1 saturated heterocycles. The van der Waals surface area contributed by atoms with Gasteiger partial charge in [-0.1, -0.05) is 23.7 Å². The second-order valence-corrected chi connectivity index (χ2v) is 8.10. The Morgan fingerprint density at radius 3 is 2.40 bits per heavy atom. The molecule has 1 aliphatic rings. The Balaban J connectivity index is 1.90. The van der Waals surface area contributed by atoms with Crippen molar-refractivity contribution in [3.05, 3.63) is 82.3 Å². The molecule has 1 aliphatic heterocycles. The first-order valence-corrected chi connectivity index (χ1v) is 11.2. The smallest absolute Gasteiger partial charge is 0.296 e. The molecule has 1 unspecified atom stereocenters. The number of methoxy groups -OCH3 is 2. The zero-order chi connectivity index (χ0) is 25.1. The first-order valence-electron chi connectivity index (χ1n) is 10.8. The number of nitrogens with zero attached hydrogens (tertiary/aromatic N) is 1. The molecule has 0 spiro atoms. The summed E-state index contributed by atoms with van der Waals surface area (Å²) in [7, 11) is 2.84. The van der Waals surface area contributed by atoms with E-state index in [4.69, 9.17) is 30.2 Å². The Morgan fingerprint density at radius 2 is 1.80 bits per heavy atom. The van der Waals surface area contributed by atoms with Gasteiger partial charge in [-0.2, -0.15) is 0 Å². The van der Waals surface area contributed by atoms with Crippen LogP contribution in [0.4, 0.5) is 0 Å². The van der Waals surface area contributed by atoms with Crippen LogP contribution in [0.3, 0.4) is 0 Å². The zero-order valence-electron chi connectivity index (χ0n) is 19.4. The number of hydrogen-bond acceptors (Lipinski definition) is 7. The van der Waals surface area contributed by atoms with E-state index in [2.05, 4.69) is 0 Å². The summed E-state index contributed by atoms with van der Waals surface area (Å²) in [5.74, 6) is -0.369. The van der Waals surface area contributed by atoms with Crippen molar-refractivity contribution in [2.75, 3.05) is 20.8 Å². The van der Waals surface area contributed by atoms with Crippen LogP contribution in [0.2, 0.25) is 5.02 Å². The van der Waals surface area contributed by atoms with Crippen molar-refractivity contribution in [1.82, 2.24) is 4.90 Å². The van der Waals surface area contributed by atoms with E-state index >= 15 is 0 Å². The van der Waals surface area contributed by atoms with Gasteiger partial charge in [-0.15, -0.1) is 0 Å². The Labute approximate surface area is 207 Å². The number of ketones is 1. The summed E-state index contributed by atoms with van der Waals surface area (Å²) in [5.41, 5.74) is 0.690. The highest BCUT2D eigenvalue weighted by molar-refractivity contribution is 6.46. The third-order valence-corrected chi connectivity index (χ3v) is 5.98. The van der Waals surface area contributed by atoms with Crippen molar-refractivity contribution < 1.29 is 33.3 Å². The summed E-state index contributed by atoms with van der Waals surface area (Å²) >= 11 is 6.21. The lowest BCUT2D eigenvalue weighted by atomic mass is 9.94. The molecule has 1 N–H and O–H groups in total. The largest absolute Gasteiger partial charge is 0.507 e. The van der Waals surface area contributed by atoms with Gasteiger partial charge in [-0.05, 0) is 42.8 Å². The van der Waals surface area contributed by atoms with E-state index in [0.29, 0.717) is 23.7 Å². The normalized spacial score (nSPS) is 17.0. The molecule has 0 bridgehead atoms. The minimum Gasteiger partial charge on any atom is -0.507 e. The number of likely N-dealkylation sites (tertiary alicyclic amines) is 1. The van der Waals surface area contributed by atoms with Gasteiger partial charge in [0.15, 0.2) is 0 Å². The van der Waals surface area contributed by atoms with Crippen molar-refractivity contribution in [2.45, 2.75) is 19.5 Å². The standard InChI is InChI=1S/C26H24ClNO7/c1-4-34-16-9-7-15(8-10-16)23-22(25(30)26(31)28(23)14-17-6-5-11-35-17)24(29)18-12-21(33-3)19(27)13-20(18)32-2/h5-13,23,29H,4,14H2,1-3H3/b24-22+. The Kier molecular flexibility index (Phi) is 7.02. The lowest BCUT2D eigenvalue weighted by Gasteiger charge is -2.25. The number of Topliss-reactive ketones (excluding diaryl/α,β-unsaturated/α-hetero) is 1. The number of hydrogen-bond donors (Lipinski definition) is 1. The minimum absolute atomic E-state index is 0.0350. The van der Waals surface area contributed by atoms with Crippen molar-refractivity contribution in [2.24, 2.45) is 0 Å². The molecular formula is C26H24ClNO7. The fraction of sp³-hybridized carbons (Fsp3) is 0.231. The fourth-order valence-corrected chi connectivity index (χ4v) is 4.29. The Bertz CT molecular complexity index is 1270. The molecule has 2 aromatic carbocycles. The van der Waals surface area contributed by atoms with Gasteiger partial charge in [-0.3, -0.25) is 9.59 Å². The van der Waals surface area contributed by atoms with E-state index in [-0.39, 0.29) is 34.2 Å². The molecule has 1 fully saturated rings. The molecule has 3 aromatic rings. The van der Waals surface area contributed by atoms with Crippen LogP contribution in [-0.2, 0) is 16.1 Å². The first kappa shape index (κ1) is 24.2. The quantitative estimate of drug-likeness (QED) is 0.266. The zero-order valence-corrected chi connectivity index (χ0v) is 20.2. The average molecular weight is 498 g/mol. The first-order chi connectivity index (χ1) is 16.9. The van der Waals surface area contributed by atoms with E-state index in [9.17, 15) is 14.7 Å². The third kappa shape index (κ3) is 4.57. The predicted octanol–water partition coefficient (Wildman–Crippen LogP) is 4.97. The average Bonchev–Trinajstić information content (AvgIpc) is 3.46. The van der Waals surface area contributed by atoms with Gasteiger partial charge >= 0.3 is 0 Å². The number of ether oxygens (including phenoxy) is 3. The number of benzene rings is 2. The van der Waals surface area contributed by atoms with Crippen LogP contribution in [0.1, 0.15) is 29.9 Å². The maximum Gasteiger partial charge on any atom is 0.296 e. The lowest BCUT2D eigenvalue weighted by molar-refractivity contribution is -0.140. The summed E-state index contributed by atoms with van der Waals surface area (Å²) in [5, 5.41) is 11.7. The molecule has 9 heteroatoms. The molecule has 35 heavy (non-hydrogen) atoms. The fourth-order valence-electron chi connectivity index (χ4n) is 4.06. The van der Waals surface area contributed by atoms with Gasteiger partial charge in [0, 0.05) is 6.07 Å². The summed E-state index contributed by atoms with van der Waals surface area (Å²) < 4.78 is 21.6. The maximum atomic E-state index is 13.3. The highest BCUT2D eigenvalue weighted by atomic mass is 35.5. The number of rotatable bonds is 8. The number of carbonyl (C=O) groups excluding carboxylic acids is 2. The molecule has 0 radical (unpaired) electrons. The van der Waals surface area contributed by atoms with E-state index in [0.717, 1.165) is 0 Å². The lowest BCUT2D eigenvalue weighted by Crippen LogP contribution is -2.29. The summed E-state index contributed by atoms with van der Waals surface area (Å²) in [6, 6.07) is 12.5. The van der Waals surface area contributed by atoms with E-state index in [1.807, 2.05) is 6.92 Å². The molecular weight excluding hydrogens is 474 g/mol. The highest BCUT2D eigenvalue weighted by Gasteiger charge is 2.46. The predicted molar refractivity (Wildman–Crippen MR) is 129 cm³/mol. The van der Waals surface area contributed by atoms with Crippen LogP contribution in [0, 0.1) is 0 Å². The van der Waals surface area contributed by atoms with E-state index in [1.165, 1.54) is 37.5 Å². The second kappa shape index (κ2) is 10.1. The van der Waals surface area contributed by atoms with Crippen LogP contribution < -0.4 is 14.2 Å². The van der Waals surface area contributed by atoms with Crippen LogP contribution in [0.25, 0.3) is 5.76 Å². The van der Waals surface area contributed by atoms with Gasteiger partial charge in [0.2, 0.25) is 0 Å². The maximum absolute atomic E-state index is 13.3. The monoisotopic (exact) mass is 497 g/mol. The number of amides is 1. The van der Waals surface area contributed by atoms with Gasteiger partial charge in [0.05, 0.1) is 55.8 Å². The second-order valence-electron chi connectivity index (χ2n) is 7.70. The van der Waals surface area contributed by atoms with Crippen molar-refractivity contribution >= 4 is 29.1 Å². The minimum atomic E-state index is -0.887. The van der Waals surface area contributed by atoms with Crippen molar-refractivity contribution in [1.29, 1.82) is 0 Å². The molecule has 0 aliphatic carbocycles. The van der Waals surface area contributed by atoms with E-state index in [1.54, 1.807) is 36.4 Å². The highest BCUT2D eigenvalue weighted by Crippen LogP contribution is 2.43. The number of furan rings is 1. The van der Waals surface area contributed by atoms with Gasteiger partial charge in [-0.25, -0.2) is 0 Å². The van der Waals surface area contributed by atoms with Crippen molar-refractivity contribution in [3.63, 3.8) is 0 Å². The van der Waals surface area contributed by atoms with Gasteiger partial charge < -0.3 is 28.6 Å². The topological polar surface area (TPSA) is 98.4 Å². The summed E-state index contributed by atoms with van der Waals surface area (Å²) in [6.07, 6.45) is 1.49. The number of aliphatic hydroxyl groups excluding tert-OH is 1. The molecule has 1 aromatic heterocycles. The van der Waals surface area contributed by atoms with Gasteiger partial charge in [0.1, 0.15) is 28.8 Å².